The van der Waals surface area contributed by atoms with Gasteiger partial charge in [0.1, 0.15) is 11.6 Å². The lowest BCUT2D eigenvalue weighted by molar-refractivity contribution is 0.262. The van der Waals surface area contributed by atoms with Gasteiger partial charge >= 0.3 is 6.03 Å². The van der Waals surface area contributed by atoms with Gasteiger partial charge < -0.3 is 15.4 Å². The zero-order valence-corrected chi connectivity index (χ0v) is 16.4. The summed E-state index contributed by atoms with van der Waals surface area (Å²) in [7, 11) is 1.57. The van der Waals surface area contributed by atoms with Gasteiger partial charge in [0.25, 0.3) is 0 Å². The molecule has 0 aliphatic rings. The molecule has 0 radical (unpaired) electrons. The number of nitrogens with one attached hydrogen (secondary N) is 2. The van der Waals surface area contributed by atoms with Crippen molar-refractivity contribution in [3.05, 3.63) is 59.5 Å². The highest BCUT2D eigenvalue weighted by atomic mass is 35.5. The highest BCUT2D eigenvalue weighted by Gasteiger charge is 2.18. The Hall–Kier alpha value is -3.06. The van der Waals surface area contributed by atoms with Crippen LogP contribution in [0, 0.1) is 5.82 Å². The molecule has 146 valence electrons. The van der Waals surface area contributed by atoms with Crippen LogP contribution >= 0.6 is 11.6 Å². The Kier molecular flexibility index (Phi) is 5.84. The van der Waals surface area contributed by atoms with Crippen molar-refractivity contribution in [2.45, 2.75) is 19.9 Å². The molecule has 0 saturated heterocycles. The van der Waals surface area contributed by atoms with Crippen molar-refractivity contribution in [1.29, 1.82) is 0 Å². The predicted molar refractivity (Wildman–Crippen MR) is 109 cm³/mol. The van der Waals surface area contributed by atoms with Gasteiger partial charge in [-0.15, -0.1) is 0 Å². The van der Waals surface area contributed by atoms with Crippen LogP contribution < -0.4 is 15.4 Å². The Morgan fingerprint density at radius 2 is 1.79 bits per heavy atom. The van der Waals surface area contributed by atoms with Crippen molar-refractivity contribution in [2.24, 2.45) is 0 Å². The third kappa shape index (κ3) is 4.26. The smallest absolute Gasteiger partial charge is 0.323 e. The second kappa shape index (κ2) is 8.31. The first-order valence-electron chi connectivity index (χ1n) is 8.64. The van der Waals surface area contributed by atoms with E-state index in [0.717, 1.165) is 0 Å². The number of hydrogen-bond donors (Lipinski definition) is 2. The molecule has 2 amide bonds. The van der Waals surface area contributed by atoms with Crippen LogP contribution in [-0.2, 0) is 0 Å². The van der Waals surface area contributed by atoms with Gasteiger partial charge in [-0.3, -0.25) is 4.68 Å². The molecule has 1 heterocycles. The van der Waals surface area contributed by atoms with Crippen LogP contribution in [0.1, 0.15) is 19.9 Å². The fourth-order valence-corrected chi connectivity index (χ4v) is 3.01. The maximum absolute atomic E-state index is 13.0. The van der Waals surface area contributed by atoms with Gasteiger partial charge in [0, 0.05) is 23.0 Å². The summed E-state index contributed by atoms with van der Waals surface area (Å²) >= 11 is 6.36. The summed E-state index contributed by atoms with van der Waals surface area (Å²) in [5, 5.41) is 10.2. The lowest BCUT2D eigenvalue weighted by Crippen LogP contribution is -2.19. The molecular formula is C20H20ClFN4O2. The van der Waals surface area contributed by atoms with Crippen molar-refractivity contribution in [3.63, 3.8) is 0 Å². The average Bonchev–Trinajstić information content (AvgIpc) is 3.05. The number of amides is 2. The quantitative estimate of drug-likeness (QED) is 0.585. The zero-order valence-electron chi connectivity index (χ0n) is 15.7. The Balaban J connectivity index is 1.88. The summed E-state index contributed by atoms with van der Waals surface area (Å²) in [6.45, 7) is 4.00. The number of carbonyl (C=O) groups is 1. The first-order chi connectivity index (χ1) is 13.4. The molecule has 2 aromatic carbocycles. The molecule has 0 spiro atoms. The molecule has 3 aromatic rings. The summed E-state index contributed by atoms with van der Waals surface area (Å²) < 4.78 is 20.2. The number of aromatic nitrogens is 2. The van der Waals surface area contributed by atoms with Crippen molar-refractivity contribution in [1.82, 2.24) is 9.78 Å². The molecule has 1 aromatic heterocycles. The Labute approximate surface area is 167 Å². The molecule has 0 atom stereocenters. The maximum Gasteiger partial charge on any atom is 0.323 e. The molecule has 0 aliphatic heterocycles. The van der Waals surface area contributed by atoms with Gasteiger partial charge in [-0.05, 0) is 56.3 Å². The summed E-state index contributed by atoms with van der Waals surface area (Å²) in [6, 6.07) is 10.4. The Morgan fingerprint density at radius 1 is 1.14 bits per heavy atom. The first kappa shape index (κ1) is 19.7. The molecule has 0 bridgehead atoms. The minimum Gasteiger partial charge on any atom is -0.496 e. The van der Waals surface area contributed by atoms with E-state index in [1.54, 1.807) is 36.2 Å². The molecular weight excluding hydrogens is 383 g/mol. The van der Waals surface area contributed by atoms with E-state index in [4.69, 9.17) is 16.3 Å². The number of rotatable bonds is 5. The first-order valence-corrected chi connectivity index (χ1v) is 9.02. The zero-order chi connectivity index (χ0) is 20.3. The normalized spacial score (nSPS) is 10.8. The minimum atomic E-state index is -0.453. The van der Waals surface area contributed by atoms with Crippen molar-refractivity contribution in [2.75, 3.05) is 17.7 Å². The van der Waals surface area contributed by atoms with Crippen LogP contribution in [0.25, 0.3) is 11.3 Å². The van der Waals surface area contributed by atoms with Gasteiger partial charge in [-0.2, -0.15) is 5.10 Å². The molecule has 8 heteroatoms. The summed E-state index contributed by atoms with van der Waals surface area (Å²) in [4.78, 5) is 12.3. The highest BCUT2D eigenvalue weighted by Crippen LogP contribution is 2.37. The van der Waals surface area contributed by atoms with E-state index in [-0.39, 0.29) is 11.9 Å². The molecule has 0 unspecified atom stereocenters. The second-order valence-electron chi connectivity index (χ2n) is 6.38. The van der Waals surface area contributed by atoms with Gasteiger partial charge in [-0.1, -0.05) is 11.6 Å². The minimum absolute atomic E-state index is 0.0885. The van der Waals surface area contributed by atoms with Crippen molar-refractivity contribution >= 4 is 29.0 Å². The fraction of sp³-hybridized carbons (Fsp3) is 0.200. The average molecular weight is 403 g/mol. The lowest BCUT2D eigenvalue weighted by atomic mass is 10.1. The number of carbonyl (C=O) groups excluding carboxylic acids is 1. The van der Waals surface area contributed by atoms with E-state index in [1.165, 1.54) is 24.3 Å². The Bertz CT molecular complexity index is 986. The molecule has 2 N–H and O–H groups in total. The van der Waals surface area contributed by atoms with Gasteiger partial charge in [0.15, 0.2) is 0 Å². The van der Waals surface area contributed by atoms with E-state index < -0.39 is 6.03 Å². The number of urea groups is 1. The summed E-state index contributed by atoms with van der Waals surface area (Å²) in [5.41, 5.74) is 2.44. The van der Waals surface area contributed by atoms with Crippen LogP contribution in [0.2, 0.25) is 5.02 Å². The number of hydrogen-bond acceptors (Lipinski definition) is 3. The topological polar surface area (TPSA) is 68.2 Å². The number of anilines is 2. The second-order valence-corrected chi connectivity index (χ2v) is 6.79. The summed E-state index contributed by atoms with van der Waals surface area (Å²) in [6.07, 6.45) is 1.58. The van der Waals surface area contributed by atoms with E-state index in [2.05, 4.69) is 15.7 Å². The molecule has 0 saturated carbocycles. The van der Waals surface area contributed by atoms with E-state index in [0.29, 0.717) is 33.4 Å². The predicted octanol–water partition coefficient (Wildman–Crippen LogP) is 5.58. The van der Waals surface area contributed by atoms with E-state index in [9.17, 15) is 9.18 Å². The van der Waals surface area contributed by atoms with E-state index in [1.807, 2.05) is 13.8 Å². The van der Waals surface area contributed by atoms with E-state index >= 15 is 0 Å². The molecule has 28 heavy (non-hydrogen) atoms. The monoisotopic (exact) mass is 402 g/mol. The van der Waals surface area contributed by atoms with Gasteiger partial charge in [0.2, 0.25) is 0 Å². The van der Waals surface area contributed by atoms with Crippen LogP contribution in [0.4, 0.5) is 20.6 Å². The SMILES string of the molecule is COc1ccc(NC(=O)Nc2ccc(F)cc2)cc1-c1c(Cl)cnn1C(C)C. The number of halogens is 2. The molecule has 0 fully saturated rings. The number of methoxy groups -OCH3 is 1. The Morgan fingerprint density at radius 3 is 2.43 bits per heavy atom. The number of ether oxygens (including phenoxy) is 1. The van der Waals surface area contributed by atoms with Crippen LogP contribution in [0.5, 0.6) is 5.75 Å². The van der Waals surface area contributed by atoms with Gasteiger partial charge in [-0.25, -0.2) is 9.18 Å². The van der Waals surface area contributed by atoms with Crippen LogP contribution in [-0.4, -0.2) is 22.9 Å². The third-order valence-electron chi connectivity index (χ3n) is 4.05. The summed E-state index contributed by atoms with van der Waals surface area (Å²) in [5.74, 6) is 0.234. The molecule has 3 rings (SSSR count). The van der Waals surface area contributed by atoms with Crippen LogP contribution in [0.15, 0.2) is 48.7 Å². The van der Waals surface area contributed by atoms with Crippen LogP contribution in [0.3, 0.4) is 0 Å². The number of nitrogens with zero attached hydrogens (tertiary/aromatic N) is 2. The third-order valence-corrected chi connectivity index (χ3v) is 4.33. The fourth-order valence-electron chi connectivity index (χ4n) is 2.78. The van der Waals surface area contributed by atoms with Gasteiger partial charge in [0.05, 0.1) is 24.0 Å². The van der Waals surface area contributed by atoms with Crippen molar-refractivity contribution < 1.29 is 13.9 Å². The number of benzene rings is 2. The maximum atomic E-state index is 13.0. The van der Waals surface area contributed by atoms with Crippen molar-refractivity contribution in [3.8, 4) is 17.0 Å². The molecule has 6 nitrogen and oxygen atoms in total. The highest BCUT2D eigenvalue weighted by molar-refractivity contribution is 6.33. The standard InChI is InChI=1S/C20H20ClFN4O2/c1-12(2)26-19(17(21)11-23-26)16-10-15(8-9-18(16)28-3)25-20(27)24-14-6-4-13(22)5-7-14/h4-12H,1-3H3,(H2,24,25,27). The molecule has 0 aliphatic carbocycles. The lowest BCUT2D eigenvalue weighted by Gasteiger charge is -2.16. The largest absolute Gasteiger partial charge is 0.496 e.